The lowest BCUT2D eigenvalue weighted by molar-refractivity contribution is 0.0904. The predicted molar refractivity (Wildman–Crippen MR) is 58.4 cm³/mol. The van der Waals surface area contributed by atoms with Crippen molar-refractivity contribution in [3.63, 3.8) is 0 Å². The first-order valence-corrected chi connectivity index (χ1v) is 5.58. The Balaban J connectivity index is 1.99. The van der Waals surface area contributed by atoms with Gasteiger partial charge in [0.1, 0.15) is 4.60 Å². The zero-order chi connectivity index (χ0) is 9.97. The summed E-state index contributed by atoms with van der Waals surface area (Å²) in [6.45, 7) is 1.71. The van der Waals surface area contributed by atoms with Crippen molar-refractivity contribution in [2.75, 3.05) is 18.5 Å². The molecule has 1 aromatic rings. The van der Waals surface area contributed by atoms with E-state index in [1.165, 1.54) is 0 Å². The van der Waals surface area contributed by atoms with Gasteiger partial charge in [0, 0.05) is 26.3 Å². The third-order valence-electron chi connectivity index (χ3n) is 2.45. The van der Waals surface area contributed by atoms with Crippen LogP contribution < -0.4 is 5.32 Å². The van der Waals surface area contributed by atoms with Gasteiger partial charge in [-0.3, -0.25) is 4.68 Å². The van der Waals surface area contributed by atoms with Gasteiger partial charge in [0.05, 0.1) is 11.9 Å². The molecule has 4 nitrogen and oxygen atoms in total. The molecule has 0 bridgehead atoms. The summed E-state index contributed by atoms with van der Waals surface area (Å²) in [5.74, 6) is 0. The van der Waals surface area contributed by atoms with Crippen LogP contribution in [0.15, 0.2) is 10.8 Å². The lowest BCUT2D eigenvalue weighted by Gasteiger charge is -2.23. The van der Waals surface area contributed by atoms with Crippen LogP contribution in [-0.4, -0.2) is 29.0 Å². The largest absolute Gasteiger partial charge is 0.381 e. The summed E-state index contributed by atoms with van der Waals surface area (Å²) in [6, 6.07) is 0.518. The van der Waals surface area contributed by atoms with Gasteiger partial charge in [0.2, 0.25) is 0 Å². The number of anilines is 1. The van der Waals surface area contributed by atoms with Crippen molar-refractivity contribution in [2.24, 2.45) is 7.05 Å². The van der Waals surface area contributed by atoms with E-state index in [0.29, 0.717) is 6.04 Å². The van der Waals surface area contributed by atoms with E-state index in [0.717, 1.165) is 36.3 Å². The van der Waals surface area contributed by atoms with Crippen LogP contribution in [0.4, 0.5) is 5.69 Å². The van der Waals surface area contributed by atoms with Gasteiger partial charge in [0.15, 0.2) is 0 Å². The summed E-state index contributed by atoms with van der Waals surface area (Å²) in [4.78, 5) is 0. The molecule has 1 N–H and O–H groups in total. The van der Waals surface area contributed by atoms with E-state index in [-0.39, 0.29) is 0 Å². The zero-order valence-electron chi connectivity index (χ0n) is 8.16. The molecule has 78 valence electrons. The molecule has 0 aromatic carbocycles. The first kappa shape index (κ1) is 9.98. The third kappa shape index (κ3) is 2.09. The molecule has 0 unspecified atom stereocenters. The summed E-state index contributed by atoms with van der Waals surface area (Å²) >= 11 is 3.48. The van der Waals surface area contributed by atoms with Gasteiger partial charge in [-0.25, -0.2) is 0 Å². The number of aromatic nitrogens is 2. The number of rotatable bonds is 2. The molecular formula is C9H14BrN3O. The number of hydrogen-bond acceptors (Lipinski definition) is 3. The van der Waals surface area contributed by atoms with E-state index in [9.17, 15) is 0 Å². The SMILES string of the molecule is Cn1ncc(NC2CCOCC2)c1Br. The van der Waals surface area contributed by atoms with E-state index in [4.69, 9.17) is 4.74 Å². The maximum absolute atomic E-state index is 5.30. The fourth-order valence-electron chi connectivity index (χ4n) is 1.58. The summed E-state index contributed by atoms with van der Waals surface area (Å²) in [6.07, 6.45) is 3.99. The molecule has 1 aliphatic rings. The van der Waals surface area contributed by atoms with Crippen LogP contribution in [0.1, 0.15) is 12.8 Å². The fraction of sp³-hybridized carbons (Fsp3) is 0.667. The van der Waals surface area contributed by atoms with E-state index in [1.807, 2.05) is 17.9 Å². The molecular weight excluding hydrogens is 246 g/mol. The van der Waals surface area contributed by atoms with Crippen LogP contribution in [0.25, 0.3) is 0 Å². The van der Waals surface area contributed by atoms with E-state index in [2.05, 4.69) is 26.3 Å². The maximum atomic E-state index is 5.30. The Morgan fingerprint density at radius 3 is 2.86 bits per heavy atom. The summed E-state index contributed by atoms with van der Waals surface area (Å²) in [5.41, 5.74) is 1.07. The number of nitrogens with one attached hydrogen (secondary N) is 1. The Labute approximate surface area is 91.8 Å². The van der Waals surface area contributed by atoms with Crippen molar-refractivity contribution in [1.29, 1.82) is 0 Å². The van der Waals surface area contributed by atoms with Crippen molar-refractivity contribution in [2.45, 2.75) is 18.9 Å². The molecule has 0 spiro atoms. The number of ether oxygens (including phenoxy) is 1. The minimum absolute atomic E-state index is 0.518. The molecule has 1 aromatic heterocycles. The monoisotopic (exact) mass is 259 g/mol. The topological polar surface area (TPSA) is 39.1 Å². The molecule has 14 heavy (non-hydrogen) atoms. The molecule has 0 atom stereocenters. The summed E-state index contributed by atoms with van der Waals surface area (Å²) in [7, 11) is 1.92. The first-order valence-electron chi connectivity index (χ1n) is 4.79. The first-order chi connectivity index (χ1) is 6.77. The average molecular weight is 260 g/mol. The summed E-state index contributed by atoms with van der Waals surface area (Å²) in [5, 5.41) is 7.62. The molecule has 1 aliphatic heterocycles. The molecule has 1 fully saturated rings. The highest BCUT2D eigenvalue weighted by Gasteiger charge is 2.15. The number of aryl methyl sites for hydroxylation is 1. The second-order valence-corrected chi connectivity index (χ2v) is 4.25. The van der Waals surface area contributed by atoms with E-state index < -0.39 is 0 Å². The molecule has 0 aliphatic carbocycles. The molecule has 1 saturated heterocycles. The van der Waals surface area contributed by atoms with Crippen LogP contribution in [-0.2, 0) is 11.8 Å². The quantitative estimate of drug-likeness (QED) is 0.880. The van der Waals surface area contributed by atoms with E-state index >= 15 is 0 Å². The highest BCUT2D eigenvalue weighted by molar-refractivity contribution is 9.10. The van der Waals surface area contributed by atoms with Gasteiger partial charge in [-0.2, -0.15) is 5.10 Å². The third-order valence-corrected chi connectivity index (χ3v) is 3.39. The Morgan fingerprint density at radius 2 is 2.29 bits per heavy atom. The molecule has 5 heteroatoms. The number of hydrogen-bond donors (Lipinski definition) is 1. The minimum Gasteiger partial charge on any atom is -0.381 e. The smallest absolute Gasteiger partial charge is 0.126 e. The average Bonchev–Trinajstić information content (AvgIpc) is 2.52. The van der Waals surface area contributed by atoms with Crippen molar-refractivity contribution in [3.05, 3.63) is 10.8 Å². The van der Waals surface area contributed by atoms with Gasteiger partial charge in [-0.15, -0.1) is 0 Å². The molecule has 0 amide bonds. The predicted octanol–water partition coefficient (Wildman–Crippen LogP) is 1.77. The number of halogens is 1. The Morgan fingerprint density at radius 1 is 1.57 bits per heavy atom. The molecule has 2 rings (SSSR count). The standard InChI is InChI=1S/C9H14BrN3O/c1-13-9(10)8(6-11-13)12-7-2-4-14-5-3-7/h6-7,12H,2-5H2,1H3. The molecule has 0 saturated carbocycles. The van der Waals surface area contributed by atoms with Gasteiger partial charge in [-0.05, 0) is 28.8 Å². The van der Waals surface area contributed by atoms with Gasteiger partial charge in [0.25, 0.3) is 0 Å². The summed E-state index contributed by atoms with van der Waals surface area (Å²) < 4.78 is 8.11. The lowest BCUT2D eigenvalue weighted by atomic mass is 10.1. The van der Waals surface area contributed by atoms with Crippen LogP contribution in [0.2, 0.25) is 0 Å². The highest BCUT2D eigenvalue weighted by atomic mass is 79.9. The number of nitrogens with zero attached hydrogens (tertiary/aromatic N) is 2. The van der Waals surface area contributed by atoms with Gasteiger partial charge < -0.3 is 10.1 Å². The Hall–Kier alpha value is -0.550. The minimum atomic E-state index is 0.518. The Kier molecular flexibility index (Phi) is 3.08. The van der Waals surface area contributed by atoms with Gasteiger partial charge >= 0.3 is 0 Å². The zero-order valence-corrected chi connectivity index (χ0v) is 9.75. The van der Waals surface area contributed by atoms with E-state index in [1.54, 1.807) is 0 Å². The van der Waals surface area contributed by atoms with Crippen LogP contribution in [0, 0.1) is 0 Å². The highest BCUT2D eigenvalue weighted by Crippen LogP contribution is 2.23. The van der Waals surface area contributed by atoms with Gasteiger partial charge in [-0.1, -0.05) is 0 Å². The lowest BCUT2D eigenvalue weighted by Crippen LogP contribution is -2.27. The molecule has 2 heterocycles. The van der Waals surface area contributed by atoms with Crippen molar-refractivity contribution in [3.8, 4) is 0 Å². The normalized spacial score (nSPS) is 18.4. The molecule has 0 radical (unpaired) electrons. The van der Waals surface area contributed by atoms with Crippen molar-refractivity contribution in [1.82, 2.24) is 9.78 Å². The van der Waals surface area contributed by atoms with Crippen molar-refractivity contribution >= 4 is 21.6 Å². The van der Waals surface area contributed by atoms with Crippen LogP contribution in [0.5, 0.6) is 0 Å². The fourth-order valence-corrected chi connectivity index (χ4v) is 1.89. The van der Waals surface area contributed by atoms with Crippen LogP contribution >= 0.6 is 15.9 Å². The second-order valence-electron chi connectivity index (χ2n) is 3.50. The Bertz CT molecular complexity index is 307. The van der Waals surface area contributed by atoms with Crippen LogP contribution in [0.3, 0.4) is 0 Å². The maximum Gasteiger partial charge on any atom is 0.126 e. The second kappa shape index (κ2) is 4.31. The van der Waals surface area contributed by atoms with Crippen molar-refractivity contribution < 1.29 is 4.74 Å².